The number of aromatic nitrogens is 1. The van der Waals surface area contributed by atoms with Gasteiger partial charge in [0.2, 0.25) is 11.8 Å². The van der Waals surface area contributed by atoms with E-state index in [2.05, 4.69) is 10.3 Å². The zero-order valence-corrected chi connectivity index (χ0v) is 18.4. The van der Waals surface area contributed by atoms with E-state index in [0.29, 0.717) is 21.5 Å². The van der Waals surface area contributed by atoms with Gasteiger partial charge in [-0.3, -0.25) is 14.5 Å². The Morgan fingerprint density at radius 2 is 1.87 bits per heavy atom. The average Bonchev–Trinajstić information content (AvgIpc) is 3.15. The van der Waals surface area contributed by atoms with E-state index in [9.17, 15) is 9.59 Å². The molecule has 154 valence electrons. The van der Waals surface area contributed by atoms with Crippen LogP contribution in [0.3, 0.4) is 0 Å². The Labute approximate surface area is 184 Å². The molecule has 1 N–H and O–H groups in total. The molecule has 0 unspecified atom stereocenters. The molecule has 0 atom stereocenters. The maximum Gasteiger partial charge on any atom is 0.248 e. The standard InChI is InChI=1S/C22H21ClN4O2S/c1-15(28)27(18-7-5-4-6-8-18)22-24-17(14-30-22)10-12-21(29)25-19-13-16(23)9-11-20(19)26(2)3/h4-14H,1-3H3,(H,25,29)/b12-10+. The second-order valence-corrected chi connectivity index (χ2v) is 7.90. The quantitative estimate of drug-likeness (QED) is 0.535. The van der Waals surface area contributed by atoms with Crippen molar-refractivity contribution in [1.82, 2.24) is 4.98 Å². The molecule has 2 amide bonds. The van der Waals surface area contributed by atoms with Gasteiger partial charge in [0.05, 0.1) is 22.8 Å². The average molecular weight is 441 g/mol. The van der Waals surface area contributed by atoms with Crippen LogP contribution in [-0.4, -0.2) is 30.9 Å². The summed E-state index contributed by atoms with van der Waals surface area (Å²) in [5.74, 6) is -0.442. The third-order valence-electron chi connectivity index (χ3n) is 4.13. The van der Waals surface area contributed by atoms with Gasteiger partial charge in [-0.25, -0.2) is 4.98 Å². The zero-order chi connectivity index (χ0) is 21.7. The van der Waals surface area contributed by atoms with Crippen molar-refractivity contribution >= 4 is 63.0 Å². The van der Waals surface area contributed by atoms with Crippen LogP contribution in [0.2, 0.25) is 5.02 Å². The summed E-state index contributed by atoms with van der Waals surface area (Å²) in [5.41, 5.74) is 2.79. The molecule has 6 nitrogen and oxygen atoms in total. The van der Waals surface area contributed by atoms with Crippen LogP contribution in [0.4, 0.5) is 22.2 Å². The predicted octanol–water partition coefficient (Wildman–Crippen LogP) is 5.20. The summed E-state index contributed by atoms with van der Waals surface area (Å²) in [7, 11) is 3.78. The highest BCUT2D eigenvalue weighted by molar-refractivity contribution is 7.14. The molecule has 0 saturated heterocycles. The number of hydrogen-bond acceptors (Lipinski definition) is 5. The van der Waals surface area contributed by atoms with E-state index in [1.807, 2.05) is 55.4 Å². The van der Waals surface area contributed by atoms with Crippen LogP contribution in [-0.2, 0) is 9.59 Å². The first-order chi connectivity index (χ1) is 14.3. The Kier molecular flexibility index (Phi) is 6.87. The molecule has 0 saturated carbocycles. The Morgan fingerprint density at radius 1 is 1.13 bits per heavy atom. The van der Waals surface area contributed by atoms with Gasteiger partial charge in [-0.05, 0) is 36.4 Å². The second-order valence-electron chi connectivity index (χ2n) is 6.62. The van der Waals surface area contributed by atoms with E-state index in [4.69, 9.17) is 11.6 Å². The first kappa shape index (κ1) is 21.5. The van der Waals surface area contributed by atoms with Gasteiger partial charge in [0, 0.05) is 37.5 Å². The van der Waals surface area contributed by atoms with E-state index < -0.39 is 0 Å². The molecular formula is C22H21ClN4O2S. The van der Waals surface area contributed by atoms with Gasteiger partial charge in [0.1, 0.15) is 0 Å². The number of hydrogen-bond donors (Lipinski definition) is 1. The maximum absolute atomic E-state index is 12.4. The minimum absolute atomic E-state index is 0.138. The molecule has 3 aromatic rings. The molecule has 0 aliphatic rings. The van der Waals surface area contributed by atoms with Gasteiger partial charge in [0.25, 0.3) is 0 Å². The number of benzene rings is 2. The normalized spacial score (nSPS) is 10.8. The zero-order valence-electron chi connectivity index (χ0n) is 16.8. The second kappa shape index (κ2) is 9.56. The van der Waals surface area contributed by atoms with Gasteiger partial charge < -0.3 is 10.2 Å². The molecule has 0 aliphatic heterocycles. The number of nitrogens with one attached hydrogen (secondary N) is 1. The molecule has 1 aromatic heterocycles. The van der Waals surface area contributed by atoms with Gasteiger partial charge in [0.15, 0.2) is 5.13 Å². The number of carbonyl (C=O) groups excluding carboxylic acids is 2. The van der Waals surface area contributed by atoms with Crippen molar-refractivity contribution < 1.29 is 9.59 Å². The largest absolute Gasteiger partial charge is 0.376 e. The van der Waals surface area contributed by atoms with E-state index in [1.165, 1.54) is 29.2 Å². The lowest BCUT2D eigenvalue weighted by Crippen LogP contribution is -2.22. The van der Waals surface area contributed by atoms with Crippen LogP contribution >= 0.6 is 22.9 Å². The van der Waals surface area contributed by atoms with Crippen LogP contribution in [0.1, 0.15) is 12.6 Å². The van der Waals surface area contributed by atoms with Crippen molar-refractivity contribution in [3.8, 4) is 0 Å². The molecule has 0 spiro atoms. The lowest BCUT2D eigenvalue weighted by Gasteiger charge is -2.17. The van der Waals surface area contributed by atoms with E-state index >= 15 is 0 Å². The number of thiazole rings is 1. The summed E-state index contributed by atoms with van der Waals surface area (Å²) in [6.45, 7) is 1.49. The number of amides is 2. The molecule has 3 rings (SSSR count). The molecule has 2 aromatic carbocycles. The van der Waals surface area contributed by atoms with E-state index in [1.54, 1.807) is 23.6 Å². The Hall–Kier alpha value is -3.16. The van der Waals surface area contributed by atoms with E-state index in [0.717, 1.165) is 11.4 Å². The van der Waals surface area contributed by atoms with Crippen LogP contribution in [0.15, 0.2) is 60.0 Å². The topological polar surface area (TPSA) is 65.5 Å². The summed E-state index contributed by atoms with van der Waals surface area (Å²) in [4.78, 5) is 32.4. The lowest BCUT2D eigenvalue weighted by atomic mass is 10.2. The first-order valence-electron chi connectivity index (χ1n) is 9.12. The Bertz CT molecular complexity index is 1080. The van der Waals surface area contributed by atoms with E-state index in [-0.39, 0.29) is 11.8 Å². The third-order valence-corrected chi connectivity index (χ3v) is 5.21. The summed E-state index contributed by atoms with van der Waals surface area (Å²) < 4.78 is 0. The van der Waals surface area contributed by atoms with Crippen molar-refractivity contribution in [2.75, 3.05) is 29.2 Å². The molecule has 30 heavy (non-hydrogen) atoms. The summed E-state index contributed by atoms with van der Waals surface area (Å²) in [5, 5.41) is 5.71. The number of anilines is 4. The number of halogens is 1. The minimum atomic E-state index is -0.304. The predicted molar refractivity (Wildman–Crippen MR) is 125 cm³/mol. The van der Waals surface area contributed by atoms with Crippen molar-refractivity contribution in [3.05, 3.63) is 70.7 Å². The fourth-order valence-corrected chi connectivity index (χ4v) is 3.82. The molecule has 1 heterocycles. The monoisotopic (exact) mass is 440 g/mol. The van der Waals surface area contributed by atoms with Gasteiger partial charge >= 0.3 is 0 Å². The summed E-state index contributed by atoms with van der Waals surface area (Å²) >= 11 is 7.39. The van der Waals surface area contributed by atoms with Crippen LogP contribution < -0.4 is 15.1 Å². The fourth-order valence-electron chi connectivity index (χ4n) is 2.79. The Balaban J connectivity index is 1.75. The SMILES string of the molecule is CC(=O)N(c1ccccc1)c1nc(/C=C/C(=O)Nc2cc(Cl)ccc2N(C)C)cs1. The number of para-hydroxylation sites is 1. The summed E-state index contributed by atoms with van der Waals surface area (Å²) in [6, 6.07) is 14.6. The molecular weight excluding hydrogens is 420 g/mol. The van der Waals surface area contributed by atoms with Crippen LogP contribution in [0, 0.1) is 0 Å². The highest BCUT2D eigenvalue weighted by atomic mass is 35.5. The maximum atomic E-state index is 12.4. The smallest absolute Gasteiger partial charge is 0.248 e. The molecule has 0 radical (unpaired) electrons. The first-order valence-corrected chi connectivity index (χ1v) is 10.4. The van der Waals surface area contributed by atoms with Gasteiger partial charge in [-0.2, -0.15) is 0 Å². The number of carbonyl (C=O) groups is 2. The number of rotatable bonds is 6. The highest BCUT2D eigenvalue weighted by Crippen LogP contribution is 2.30. The van der Waals surface area contributed by atoms with Crippen molar-refractivity contribution in [3.63, 3.8) is 0 Å². The van der Waals surface area contributed by atoms with Crippen LogP contribution in [0.5, 0.6) is 0 Å². The van der Waals surface area contributed by atoms with Crippen molar-refractivity contribution in [1.29, 1.82) is 0 Å². The minimum Gasteiger partial charge on any atom is -0.376 e. The molecule has 0 fully saturated rings. The third kappa shape index (κ3) is 5.25. The van der Waals surface area contributed by atoms with Crippen molar-refractivity contribution in [2.24, 2.45) is 0 Å². The summed E-state index contributed by atoms with van der Waals surface area (Å²) in [6.07, 6.45) is 3.01. The van der Waals surface area contributed by atoms with Gasteiger partial charge in [-0.1, -0.05) is 29.8 Å². The van der Waals surface area contributed by atoms with Crippen LogP contribution in [0.25, 0.3) is 6.08 Å². The Morgan fingerprint density at radius 3 is 2.53 bits per heavy atom. The van der Waals surface area contributed by atoms with Crippen molar-refractivity contribution in [2.45, 2.75) is 6.92 Å². The van der Waals surface area contributed by atoms with Gasteiger partial charge in [-0.15, -0.1) is 11.3 Å². The molecule has 0 bridgehead atoms. The number of nitrogens with zero attached hydrogens (tertiary/aromatic N) is 3. The molecule has 8 heteroatoms. The fraction of sp³-hybridized carbons (Fsp3) is 0.136. The molecule has 0 aliphatic carbocycles. The lowest BCUT2D eigenvalue weighted by molar-refractivity contribution is -0.116. The highest BCUT2D eigenvalue weighted by Gasteiger charge is 2.17.